The number of nitrogens with zero attached hydrogens (tertiary/aromatic N) is 4. The van der Waals surface area contributed by atoms with E-state index < -0.39 is 18.0 Å². The molecule has 178 valence electrons. The smallest absolute Gasteiger partial charge is 0.348 e. The van der Waals surface area contributed by atoms with Gasteiger partial charge in [-0.1, -0.05) is 30.3 Å². The molecule has 0 spiro atoms. The van der Waals surface area contributed by atoms with Gasteiger partial charge in [0.2, 0.25) is 5.95 Å². The molecule has 5 nitrogen and oxygen atoms in total. The van der Waals surface area contributed by atoms with Crippen LogP contribution in [-0.4, -0.2) is 25.7 Å². The van der Waals surface area contributed by atoms with E-state index in [1.54, 1.807) is 0 Å². The molecule has 2 aromatic heterocycles. The maximum atomic E-state index is 13.6. The molecule has 4 aromatic rings. The third-order valence-electron chi connectivity index (χ3n) is 5.35. The van der Waals surface area contributed by atoms with Gasteiger partial charge >= 0.3 is 6.18 Å². The van der Waals surface area contributed by atoms with Gasteiger partial charge in [-0.25, -0.2) is 19.3 Å². The minimum Gasteiger partial charge on any atom is -0.348 e. The Morgan fingerprint density at radius 1 is 0.912 bits per heavy atom. The monoisotopic (exact) mass is 489 g/mol. The van der Waals surface area contributed by atoms with E-state index in [0.29, 0.717) is 5.56 Å². The lowest BCUT2D eigenvalue weighted by Crippen LogP contribution is -2.24. The molecule has 1 unspecified atom stereocenters. The van der Waals surface area contributed by atoms with Crippen LogP contribution in [-0.2, 0) is 0 Å². The van der Waals surface area contributed by atoms with Gasteiger partial charge in [0.1, 0.15) is 11.9 Å². The minimum absolute atomic E-state index is 0. The lowest BCUT2D eigenvalue weighted by atomic mass is 10.1. The first kappa shape index (κ1) is 25.2. The number of nitrogens with one attached hydrogen (secondary N) is 1. The highest BCUT2D eigenvalue weighted by atomic mass is 32.1. The third kappa shape index (κ3) is 5.39. The molecule has 0 radical (unpaired) electrons. The Kier molecular flexibility index (Phi) is 7.61. The first-order valence-electron chi connectivity index (χ1n) is 10.3. The van der Waals surface area contributed by atoms with Crippen LogP contribution < -0.4 is 5.32 Å². The molecule has 0 aliphatic heterocycles. The average Bonchev–Trinajstić information content (AvgIpc) is 3.24. The Labute approximate surface area is 201 Å². The van der Waals surface area contributed by atoms with Crippen molar-refractivity contribution in [1.29, 1.82) is 0 Å². The number of benzene rings is 2. The van der Waals surface area contributed by atoms with E-state index in [0.717, 1.165) is 23.4 Å². The fourth-order valence-electron chi connectivity index (χ4n) is 3.46. The summed E-state index contributed by atoms with van der Waals surface area (Å²) in [6, 6.07) is 14.6. The van der Waals surface area contributed by atoms with Crippen LogP contribution in [0.25, 0.3) is 22.6 Å². The molecule has 2 atom stereocenters. The number of aromatic nitrogens is 4. The highest BCUT2D eigenvalue weighted by molar-refractivity contribution is 7.59. The lowest BCUT2D eigenvalue weighted by Gasteiger charge is -2.20. The lowest BCUT2D eigenvalue weighted by molar-refractivity contribution is -0.162. The van der Waals surface area contributed by atoms with Crippen molar-refractivity contribution in [2.24, 2.45) is 0 Å². The van der Waals surface area contributed by atoms with Gasteiger partial charge in [0.15, 0.2) is 0 Å². The number of halogens is 4. The summed E-state index contributed by atoms with van der Waals surface area (Å²) in [7, 11) is 0. The number of anilines is 1. The molecule has 0 fully saturated rings. The molecular formula is C24H23F4N5S. The Morgan fingerprint density at radius 3 is 2.24 bits per heavy atom. The van der Waals surface area contributed by atoms with Gasteiger partial charge in [-0.15, -0.1) is 0 Å². The topological polar surface area (TPSA) is 55.6 Å². The molecule has 0 bridgehead atoms. The second kappa shape index (κ2) is 10.3. The summed E-state index contributed by atoms with van der Waals surface area (Å²) in [4.78, 5) is 12.9. The number of imidazole rings is 1. The molecule has 1 N–H and O–H groups in total. The zero-order valence-corrected chi connectivity index (χ0v) is 19.4. The maximum absolute atomic E-state index is 13.6. The van der Waals surface area contributed by atoms with E-state index in [2.05, 4.69) is 20.3 Å². The zero-order chi connectivity index (χ0) is 23.6. The summed E-state index contributed by atoms with van der Waals surface area (Å²) in [5.41, 5.74) is 2.19. The molecule has 0 aliphatic rings. The SMILES string of the molecule is CC(n1cnc(-c2ccc(F)cc2)c1-c1ccnc(N[C@@H](C)c2ccccc2)n1)C(F)(F)F.S. The van der Waals surface area contributed by atoms with Gasteiger partial charge in [-0.05, 0) is 49.7 Å². The summed E-state index contributed by atoms with van der Waals surface area (Å²) < 4.78 is 55.2. The van der Waals surface area contributed by atoms with E-state index >= 15 is 0 Å². The van der Waals surface area contributed by atoms with Crippen LogP contribution in [0.15, 0.2) is 73.2 Å². The first-order valence-corrected chi connectivity index (χ1v) is 10.3. The fourth-order valence-corrected chi connectivity index (χ4v) is 3.46. The van der Waals surface area contributed by atoms with Crippen molar-refractivity contribution in [3.05, 3.63) is 84.6 Å². The highest BCUT2D eigenvalue weighted by Gasteiger charge is 2.39. The largest absolute Gasteiger partial charge is 0.408 e. The van der Waals surface area contributed by atoms with Crippen LogP contribution in [0, 0.1) is 5.82 Å². The van der Waals surface area contributed by atoms with Gasteiger partial charge in [-0.3, -0.25) is 0 Å². The fraction of sp³-hybridized carbons (Fsp3) is 0.208. The Morgan fingerprint density at radius 2 is 1.59 bits per heavy atom. The number of hydrogen-bond acceptors (Lipinski definition) is 4. The third-order valence-corrected chi connectivity index (χ3v) is 5.35. The summed E-state index contributed by atoms with van der Waals surface area (Å²) >= 11 is 0. The second-order valence-electron chi connectivity index (χ2n) is 7.62. The van der Waals surface area contributed by atoms with E-state index in [1.807, 2.05) is 37.3 Å². The van der Waals surface area contributed by atoms with E-state index in [4.69, 9.17) is 0 Å². The number of alkyl halides is 3. The van der Waals surface area contributed by atoms with Gasteiger partial charge in [0.25, 0.3) is 0 Å². The normalized spacial score (nSPS) is 13.1. The predicted molar refractivity (Wildman–Crippen MR) is 128 cm³/mol. The molecule has 10 heteroatoms. The van der Waals surface area contributed by atoms with Crippen LogP contribution in [0.4, 0.5) is 23.5 Å². The van der Waals surface area contributed by atoms with Crippen LogP contribution in [0.5, 0.6) is 0 Å². The van der Waals surface area contributed by atoms with Crippen molar-refractivity contribution in [2.75, 3.05) is 5.32 Å². The van der Waals surface area contributed by atoms with E-state index in [-0.39, 0.29) is 42.6 Å². The van der Waals surface area contributed by atoms with Crippen molar-refractivity contribution >= 4 is 19.4 Å². The van der Waals surface area contributed by atoms with Gasteiger partial charge < -0.3 is 9.88 Å². The summed E-state index contributed by atoms with van der Waals surface area (Å²) in [5.74, 6) is -0.187. The molecule has 2 heterocycles. The average molecular weight is 490 g/mol. The van der Waals surface area contributed by atoms with Gasteiger partial charge in [0, 0.05) is 11.8 Å². The Hall–Kier alpha value is -3.40. The molecule has 0 saturated carbocycles. The number of rotatable bonds is 6. The predicted octanol–water partition coefficient (Wildman–Crippen LogP) is 6.56. The number of hydrogen-bond donors (Lipinski definition) is 1. The Balaban J connectivity index is 0.00000324. The second-order valence-corrected chi connectivity index (χ2v) is 7.62. The van der Waals surface area contributed by atoms with Gasteiger partial charge in [-0.2, -0.15) is 26.7 Å². The molecular weight excluding hydrogens is 466 g/mol. The highest BCUT2D eigenvalue weighted by Crippen LogP contribution is 2.38. The maximum Gasteiger partial charge on any atom is 0.408 e. The van der Waals surface area contributed by atoms with Gasteiger partial charge in [0.05, 0.1) is 29.5 Å². The summed E-state index contributed by atoms with van der Waals surface area (Å²) in [5, 5.41) is 3.18. The van der Waals surface area contributed by atoms with Crippen LogP contribution in [0.2, 0.25) is 0 Å². The van der Waals surface area contributed by atoms with Crippen LogP contribution >= 0.6 is 13.5 Å². The van der Waals surface area contributed by atoms with Crippen molar-refractivity contribution in [2.45, 2.75) is 32.1 Å². The van der Waals surface area contributed by atoms with Crippen molar-refractivity contribution < 1.29 is 17.6 Å². The standard InChI is InChI=1S/C24H21F4N5.H2S/c1-15(17-6-4-3-5-7-17)31-23-29-13-12-20(32-23)22-21(18-8-10-19(25)11-9-18)30-14-33(22)16(2)24(26,27)28;/h3-16H,1-2H3,(H,29,31,32);1H2/t15-,16?;/m0./s1. The summed E-state index contributed by atoms with van der Waals surface area (Å²) in [6.45, 7) is 2.99. The van der Waals surface area contributed by atoms with Crippen molar-refractivity contribution in [3.63, 3.8) is 0 Å². The zero-order valence-electron chi connectivity index (χ0n) is 18.4. The van der Waals surface area contributed by atoms with Crippen molar-refractivity contribution in [3.8, 4) is 22.6 Å². The quantitative estimate of drug-likeness (QED) is 0.312. The van der Waals surface area contributed by atoms with E-state index in [1.165, 1.54) is 36.5 Å². The van der Waals surface area contributed by atoms with Crippen LogP contribution in [0.1, 0.15) is 31.5 Å². The van der Waals surface area contributed by atoms with Crippen molar-refractivity contribution in [1.82, 2.24) is 19.5 Å². The molecule has 34 heavy (non-hydrogen) atoms. The van der Waals surface area contributed by atoms with E-state index in [9.17, 15) is 17.6 Å². The molecule has 2 aromatic carbocycles. The Bertz CT molecular complexity index is 1230. The summed E-state index contributed by atoms with van der Waals surface area (Å²) in [6.07, 6.45) is -1.88. The molecule has 0 aliphatic carbocycles. The first-order chi connectivity index (χ1) is 15.7. The van der Waals surface area contributed by atoms with Crippen LogP contribution in [0.3, 0.4) is 0 Å². The molecule has 4 rings (SSSR count). The molecule has 0 saturated heterocycles. The molecule has 0 amide bonds. The minimum atomic E-state index is -4.49.